The second kappa shape index (κ2) is 11.3. The van der Waals surface area contributed by atoms with Crippen LogP contribution < -0.4 is 21.3 Å². The molecule has 1 aliphatic carbocycles. The molecule has 1 saturated carbocycles. The summed E-state index contributed by atoms with van der Waals surface area (Å²) in [4.78, 5) is 25.6. The number of rotatable bonds is 8. The molecular weight excluding hydrogens is 448 g/mol. The van der Waals surface area contributed by atoms with E-state index < -0.39 is 0 Å². The Morgan fingerprint density at radius 2 is 0.861 bits per heavy atom. The van der Waals surface area contributed by atoms with Crippen molar-refractivity contribution in [2.75, 3.05) is 13.1 Å². The van der Waals surface area contributed by atoms with Crippen LogP contribution >= 0.6 is 0 Å². The first-order valence-electron chi connectivity index (χ1n) is 14.7. The van der Waals surface area contributed by atoms with Crippen molar-refractivity contribution in [1.82, 2.24) is 21.3 Å². The minimum atomic E-state index is 0.0640. The number of nitrogens with one attached hydrogen (secondary N) is 4. The van der Waals surface area contributed by atoms with Gasteiger partial charge in [-0.05, 0) is 131 Å². The van der Waals surface area contributed by atoms with Crippen molar-refractivity contribution >= 4 is 11.8 Å². The molecule has 6 nitrogen and oxygen atoms in total. The van der Waals surface area contributed by atoms with Crippen molar-refractivity contribution in [1.29, 1.82) is 0 Å². The summed E-state index contributed by atoms with van der Waals surface area (Å²) in [6, 6.07) is 0. The van der Waals surface area contributed by atoms with Gasteiger partial charge >= 0.3 is 0 Å². The van der Waals surface area contributed by atoms with E-state index >= 15 is 0 Å². The lowest BCUT2D eigenvalue weighted by Crippen LogP contribution is -2.58. The molecule has 3 rings (SSSR count). The van der Waals surface area contributed by atoms with Crippen LogP contribution in [-0.2, 0) is 9.59 Å². The second-order valence-electron chi connectivity index (χ2n) is 15.0. The molecule has 2 heterocycles. The van der Waals surface area contributed by atoms with Gasteiger partial charge in [-0.2, -0.15) is 0 Å². The first-order valence-corrected chi connectivity index (χ1v) is 14.7. The van der Waals surface area contributed by atoms with Crippen LogP contribution in [0.5, 0.6) is 0 Å². The van der Waals surface area contributed by atoms with Gasteiger partial charge in [0.25, 0.3) is 0 Å². The highest BCUT2D eigenvalue weighted by Gasteiger charge is 2.38. The fraction of sp³-hybridized carbons (Fsp3) is 0.933. The van der Waals surface area contributed by atoms with Gasteiger partial charge in [0.15, 0.2) is 0 Å². The van der Waals surface area contributed by atoms with Crippen molar-refractivity contribution < 1.29 is 9.59 Å². The molecule has 3 aliphatic rings. The van der Waals surface area contributed by atoms with Gasteiger partial charge in [-0.3, -0.25) is 9.59 Å². The number of carbonyl (C=O) groups excluding carboxylic acids is 2. The Labute approximate surface area is 221 Å². The van der Waals surface area contributed by atoms with E-state index in [-0.39, 0.29) is 45.8 Å². The third kappa shape index (κ3) is 9.01. The van der Waals surface area contributed by atoms with Crippen LogP contribution in [0.4, 0.5) is 0 Å². The van der Waals surface area contributed by atoms with E-state index in [1.165, 1.54) is 0 Å². The van der Waals surface area contributed by atoms with Gasteiger partial charge in [0.1, 0.15) is 0 Å². The van der Waals surface area contributed by atoms with E-state index in [0.717, 1.165) is 77.3 Å². The van der Waals surface area contributed by atoms with Gasteiger partial charge in [-0.1, -0.05) is 0 Å². The number of hydrogen-bond donors (Lipinski definition) is 4. The zero-order valence-electron chi connectivity index (χ0n) is 24.6. The lowest BCUT2D eigenvalue weighted by molar-refractivity contribution is -0.130. The van der Waals surface area contributed by atoms with Gasteiger partial charge in [-0.15, -0.1) is 0 Å². The van der Waals surface area contributed by atoms with Gasteiger partial charge in [0.2, 0.25) is 11.8 Å². The quantitative estimate of drug-likeness (QED) is 0.378. The summed E-state index contributed by atoms with van der Waals surface area (Å²) in [5.41, 5.74) is 0.596. The van der Waals surface area contributed by atoms with Crippen molar-refractivity contribution in [2.24, 2.45) is 23.7 Å². The summed E-state index contributed by atoms with van der Waals surface area (Å²) in [7, 11) is 0. The van der Waals surface area contributed by atoms with Crippen LogP contribution in [-0.4, -0.2) is 47.1 Å². The maximum Gasteiger partial charge on any atom is 0.223 e. The molecule has 208 valence electrons. The molecule has 3 fully saturated rings. The molecule has 2 saturated heterocycles. The molecule has 2 aliphatic heterocycles. The first kappa shape index (κ1) is 29.4. The molecule has 6 heteroatoms. The molecule has 36 heavy (non-hydrogen) atoms. The minimum absolute atomic E-state index is 0.0640. The van der Waals surface area contributed by atoms with Crippen LogP contribution in [0.2, 0.25) is 0 Å². The fourth-order valence-electron chi connectivity index (χ4n) is 8.18. The summed E-state index contributed by atoms with van der Waals surface area (Å²) in [6.07, 6.45) is 10.0. The van der Waals surface area contributed by atoms with Gasteiger partial charge in [0.05, 0.1) is 0 Å². The lowest BCUT2D eigenvalue weighted by Gasteiger charge is -2.46. The molecular formula is C30H56N4O2. The average molecular weight is 505 g/mol. The van der Waals surface area contributed by atoms with E-state index in [1.54, 1.807) is 0 Å². The molecule has 0 aromatic rings. The maximum atomic E-state index is 12.8. The van der Waals surface area contributed by atoms with Gasteiger partial charge in [-0.25, -0.2) is 0 Å². The van der Waals surface area contributed by atoms with Crippen LogP contribution in [0.3, 0.4) is 0 Å². The Hall–Kier alpha value is -1.14. The van der Waals surface area contributed by atoms with E-state index in [1.807, 2.05) is 0 Å². The van der Waals surface area contributed by atoms with Gasteiger partial charge < -0.3 is 21.3 Å². The number of amides is 2. The van der Waals surface area contributed by atoms with Crippen LogP contribution in [0.15, 0.2) is 0 Å². The molecule has 0 atom stereocenters. The third-order valence-corrected chi connectivity index (χ3v) is 8.72. The normalized spacial score (nSPS) is 29.9. The minimum Gasteiger partial charge on any atom is -0.356 e. The topological polar surface area (TPSA) is 82.3 Å². The maximum absolute atomic E-state index is 12.8. The van der Waals surface area contributed by atoms with Crippen LogP contribution in [0.25, 0.3) is 0 Å². The molecule has 0 unspecified atom stereocenters. The number of carbonyl (C=O) groups is 2. The van der Waals surface area contributed by atoms with Crippen molar-refractivity contribution in [2.45, 2.75) is 142 Å². The molecule has 0 aromatic carbocycles. The number of hydrogen-bond acceptors (Lipinski definition) is 4. The molecule has 2 amide bonds. The Morgan fingerprint density at radius 1 is 0.583 bits per heavy atom. The summed E-state index contributed by atoms with van der Waals surface area (Å²) >= 11 is 0. The standard InChI is InChI=1S/C30H56N4O2/c1-27(2)17-21(18-28(3,4)33-27)13-15-31-25(35)23-9-11-24(12-10-23)26(36)32-16-14-22-19-29(5,6)34-30(7,8)20-22/h21-24,33-34H,9-20H2,1-8H3,(H,31,35)(H,32,36). The Kier molecular flexibility index (Phi) is 9.24. The van der Waals surface area contributed by atoms with E-state index in [4.69, 9.17) is 0 Å². The Bertz CT molecular complexity index is 669. The number of piperidine rings is 2. The summed E-state index contributed by atoms with van der Waals surface area (Å²) in [6.45, 7) is 19.8. The van der Waals surface area contributed by atoms with E-state index in [0.29, 0.717) is 11.8 Å². The highest BCUT2D eigenvalue weighted by Crippen LogP contribution is 2.36. The Morgan fingerprint density at radius 3 is 1.14 bits per heavy atom. The smallest absolute Gasteiger partial charge is 0.223 e. The Balaban J connectivity index is 1.32. The second-order valence-corrected chi connectivity index (χ2v) is 15.0. The van der Waals surface area contributed by atoms with Gasteiger partial charge in [0, 0.05) is 47.1 Å². The predicted octanol–water partition coefficient (Wildman–Crippen LogP) is 4.92. The van der Waals surface area contributed by atoms with Crippen LogP contribution in [0.1, 0.15) is 120 Å². The van der Waals surface area contributed by atoms with Crippen molar-refractivity contribution in [3.05, 3.63) is 0 Å². The predicted molar refractivity (Wildman–Crippen MR) is 149 cm³/mol. The molecule has 0 radical (unpaired) electrons. The monoisotopic (exact) mass is 504 g/mol. The third-order valence-electron chi connectivity index (χ3n) is 8.72. The zero-order chi connectivity index (χ0) is 26.8. The highest BCUT2D eigenvalue weighted by atomic mass is 16.2. The summed E-state index contributed by atoms with van der Waals surface area (Å²) in [5.74, 6) is 1.79. The van der Waals surface area contributed by atoms with Crippen LogP contribution in [0, 0.1) is 23.7 Å². The molecule has 4 N–H and O–H groups in total. The largest absolute Gasteiger partial charge is 0.356 e. The summed E-state index contributed by atoms with van der Waals surface area (Å²) < 4.78 is 0. The molecule has 0 bridgehead atoms. The SMILES string of the molecule is CC1(C)CC(CCNC(=O)C2CCC(C(=O)NCCC3CC(C)(C)NC(C)(C)C3)CC2)CC(C)(C)N1. The highest BCUT2D eigenvalue weighted by molar-refractivity contribution is 5.81. The molecule has 0 spiro atoms. The fourth-order valence-corrected chi connectivity index (χ4v) is 8.18. The zero-order valence-corrected chi connectivity index (χ0v) is 24.6. The lowest BCUT2D eigenvalue weighted by atomic mass is 9.74. The van der Waals surface area contributed by atoms with Crippen molar-refractivity contribution in [3.63, 3.8) is 0 Å². The summed E-state index contributed by atoms with van der Waals surface area (Å²) in [5, 5.41) is 13.9. The first-order chi connectivity index (χ1) is 16.5. The van der Waals surface area contributed by atoms with E-state index in [2.05, 4.69) is 76.7 Å². The molecule has 0 aromatic heterocycles. The van der Waals surface area contributed by atoms with E-state index in [9.17, 15) is 9.59 Å². The average Bonchev–Trinajstić information content (AvgIpc) is 2.69. The van der Waals surface area contributed by atoms with Crippen molar-refractivity contribution in [3.8, 4) is 0 Å².